The van der Waals surface area contributed by atoms with E-state index in [4.69, 9.17) is 4.42 Å². The molecule has 0 fully saturated rings. The van der Waals surface area contributed by atoms with Crippen LogP contribution in [0.5, 0.6) is 0 Å². The van der Waals surface area contributed by atoms with Crippen molar-refractivity contribution in [3.8, 4) is 0 Å². The summed E-state index contributed by atoms with van der Waals surface area (Å²) in [6, 6.07) is 15.4. The lowest BCUT2D eigenvalue weighted by molar-refractivity contribution is -0.117. The SMILES string of the molecule is Cc1c(C(=O)NCC(=O)N2CCCc3ccccc32)oc2ccccc12. The summed E-state index contributed by atoms with van der Waals surface area (Å²) in [5, 5.41) is 3.62. The fourth-order valence-electron chi connectivity index (χ4n) is 3.52. The number of carbonyl (C=O) groups is 2. The van der Waals surface area contributed by atoms with E-state index in [9.17, 15) is 9.59 Å². The van der Waals surface area contributed by atoms with E-state index in [0.29, 0.717) is 12.1 Å². The number of para-hydroxylation sites is 2. The van der Waals surface area contributed by atoms with E-state index < -0.39 is 0 Å². The van der Waals surface area contributed by atoms with E-state index in [1.807, 2.05) is 55.5 Å². The van der Waals surface area contributed by atoms with Gasteiger partial charge in [-0.25, -0.2) is 0 Å². The number of fused-ring (bicyclic) bond motifs is 2. The molecule has 0 saturated heterocycles. The Morgan fingerprint density at radius 2 is 1.88 bits per heavy atom. The number of nitrogens with one attached hydrogen (secondary N) is 1. The predicted octanol–water partition coefficient (Wildman–Crippen LogP) is 3.45. The number of aryl methyl sites for hydroxylation is 2. The Kier molecular flexibility index (Phi) is 4.21. The van der Waals surface area contributed by atoms with Crippen molar-refractivity contribution in [1.82, 2.24) is 5.32 Å². The topological polar surface area (TPSA) is 62.6 Å². The van der Waals surface area contributed by atoms with E-state index >= 15 is 0 Å². The molecule has 1 aromatic heterocycles. The Labute approximate surface area is 151 Å². The molecule has 132 valence electrons. The molecule has 0 spiro atoms. The molecule has 1 N–H and O–H groups in total. The van der Waals surface area contributed by atoms with Crippen LogP contribution in [0, 0.1) is 6.92 Å². The van der Waals surface area contributed by atoms with Crippen LogP contribution in [0.15, 0.2) is 52.9 Å². The maximum atomic E-state index is 12.6. The summed E-state index contributed by atoms with van der Waals surface area (Å²) in [5.74, 6) is -0.213. The van der Waals surface area contributed by atoms with Gasteiger partial charge in [-0.3, -0.25) is 9.59 Å². The molecule has 0 radical (unpaired) electrons. The summed E-state index contributed by atoms with van der Waals surface area (Å²) in [7, 11) is 0. The van der Waals surface area contributed by atoms with Gasteiger partial charge in [0.25, 0.3) is 5.91 Å². The lowest BCUT2D eigenvalue weighted by Gasteiger charge is -2.29. The molecule has 0 unspecified atom stereocenters. The second kappa shape index (κ2) is 6.67. The Morgan fingerprint density at radius 1 is 1.12 bits per heavy atom. The van der Waals surface area contributed by atoms with Gasteiger partial charge in [0.05, 0.1) is 6.54 Å². The molecule has 2 aromatic carbocycles. The smallest absolute Gasteiger partial charge is 0.287 e. The largest absolute Gasteiger partial charge is 0.451 e. The third kappa shape index (κ3) is 2.86. The van der Waals surface area contributed by atoms with Gasteiger partial charge in [-0.05, 0) is 37.5 Å². The van der Waals surface area contributed by atoms with Crippen LogP contribution in [0.4, 0.5) is 5.69 Å². The summed E-state index contributed by atoms with van der Waals surface area (Å²) in [4.78, 5) is 26.9. The molecule has 5 nitrogen and oxygen atoms in total. The third-order valence-corrected chi connectivity index (χ3v) is 4.86. The average molecular weight is 348 g/mol. The van der Waals surface area contributed by atoms with Crippen LogP contribution in [0.25, 0.3) is 11.0 Å². The van der Waals surface area contributed by atoms with Gasteiger partial charge < -0.3 is 14.6 Å². The number of carbonyl (C=O) groups excluding carboxylic acids is 2. The second-order valence-electron chi connectivity index (χ2n) is 6.51. The van der Waals surface area contributed by atoms with Gasteiger partial charge in [-0.1, -0.05) is 36.4 Å². The molecule has 1 aliphatic heterocycles. The van der Waals surface area contributed by atoms with Gasteiger partial charge in [0.15, 0.2) is 5.76 Å². The molecule has 0 saturated carbocycles. The van der Waals surface area contributed by atoms with Gasteiger partial charge in [0, 0.05) is 23.2 Å². The molecular weight excluding hydrogens is 328 g/mol. The minimum absolute atomic E-state index is 0.0519. The van der Waals surface area contributed by atoms with Crippen molar-refractivity contribution < 1.29 is 14.0 Å². The highest BCUT2D eigenvalue weighted by molar-refractivity contribution is 6.02. The van der Waals surface area contributed by atoms with Crippen LogP contribution in [0.1, 0.15) is 28.1 Å². The number of hydrogen-bond acceptors (Lipinski definition) is 3. The Morgan fingerprint density at radius 3 is 2.73 bits per heavy atom. The number of anilines is 1. The third-order valence-electron chi connectivity index (χ3n) is 4.86. The fourth-order valence-corrected chi connectivity index (χ4v) is 3.52. The van der Waals surface area contributed by atoms with Gasteiger partial charge in [0.2, 0.25) is 5.91 Å². The number of benzene rings is 2. The first-order valence-corrected chi connectivity index (χ1v) is 8.80. The van der Waals surface area contributed by atoms with Gasteiger partial charge in [0.1, 0.15) is 5.58 Å². The zero-order chi connectivity index (χ0) is 18.1. The van der Waals surface area contributed by atoms with Gasteiger partial charge >= 0.3 is 0 Å². The minimum atomic E-state index is -0.364. The first kappa shape index (κ1) is 16.4. The van der Waals surface area contributed by atoms with Crippen LogP contribution in [0.2, 0.25) is 0 Å². The fraction of sp³-hybridized carbons (Fsp3) is 0.238. The molecule has 1 aliphatic rings. The first-order chi connectivity index (χ1) is 12.6. The molecule has 0 bridgehead atoms. The zero-order valence-electron chi connectivity index (χ0n) is 14.6. The van der Waals surface area contributed by atoms with Gasteiger partial charge in [-0.15, -0.1) is 0 Å². The molecule has 5 heteroatoms. The summed E-state index contributed by atoms with van der Waals surface area (Å²) >= 11 is 0. The number of hydrogen-bond donors (Lipinski definition) is 1. The van der Waals surface area contributed by atoms with E-state index in [-0.39, 0.29) is 24.1 Å². The number of nitrogens with zero attached hydrogens (tertiary/aromatic N) is 1. The highest BCUT2D eigenvalue weighted by atomic mass is 16.3. The highest BCUT2D eigenvalue weighted by Gasteiger charge is 2.23. The molecule has 0 aliphatic carbocycles. The summed E-state index contributed by atoms with van der Waals surface area (Å²) in [5.41, 5.74) is 3.57. The van der Waals surface area contributed by atoms with Crippen LogP contribution in [0.3, 0.4) is 0 Å². The van der Waals surface area contributed by atoms with E-state index in [1.165, 1.54) is 5.56 Å². The Balaban J connectivity index is 1.48. The molecule has 2 amide bonds. The van der Waals surface area contributed by atoms with Gasteiger partial charge in [-0.2, -0.15) is 0 Å². The van der Waals surface area contributed by atoms with E-state index in [0.717, 1.165) is 29.5 Å². The normalized spacial score (nSPS) is 13.5. The summed E-state index contributed by atoms with van der Waals surface area (Å²) in [6.07, 6.45) is 1.91. The quantitative estimate of drug-likeness (QED) is 0.788. The lowest BCUT2D eigenvalue weighted by atomic mass is 10.0. The minimum Gasteiger partial charge on any atom is -0.451 e. The van der Waals surface area contributed by atoms with Crippen molar-refractivity contribution in [2.24, 2.45) is 0 Å². The van der Waals surface area contributed by atoms with E-state index in [2.05, 4.69) is 5.32 Å². The standard InChI is InChI=1S/C21H20N2O3/c1-14-16-9-3-5-11-18(16)26-20(14)21(25)22-13-19(24)23-12-6-8-15-7-2-4-10-17(15)23/h2-5,7,9-11H,6,8,12-13H2,1H3,(H,22,25). The maximum absolute atomic E-state index is 12.6. The number of amides is 2. The molecule has 3 aromatic rings. The molecule has 4 rings (SSSR count). The van der Waals surface area contributed by atoms with E-state index in [1.54, 1.807) is 4.90 Å². The second-order valence-corrected chi connectivity index (χ2v) is 6.51. The number of furan rings is 1. The number of rotatable bonds is 3. The van der Waals surface area contributed by atoms with Crippen LogP contribution >= 0.6 is 0 Å². The van der Waals surface area contributed by atoms with Crippen molar-refractivity contribution >= 4 is 28.5 Å². The Hall–Kier alpha value is -3.08. The maximum Gasteiger partial charge on any atom is 0.287 e. The molecule has 0 atom stereocenters. The molecule has 26 heavy (non-hydrogen) atoms. The zero-order valence-corrected chi connectivity index (χ0v) is 14.6. The monoisotopic (exact) mass is 348 g/mol. The lowest BCUT2D eigenvalue weighted by Crippen LogP contribution is -2.42. The van der Waals surface area contributed by atoms with Crippen molar-refractivity contribution in [2.45, 2.75) is 19.8 Å². The van der Waals surface area contributed by atoms with Crippen molar-refractivity contribution in [1.29, 1.82) is 0 Å². The Bertz CT molecular complexity index is 990. The average Bonchev–Trinajstić information content (AvgIpc) is 3.02. The van der Waals surface area contributed by atoms with Crippen LogP contribution in [-0.4, -0.2) is 24.9 Å². The highest BCUT2D eigenvalue weighted by Crippen LogP contribution is 2.27. The summed E-state index contributed by atoms with van der Waals surface area (Å²) in [6.45, 7) is 2.47. The van der Waals surface area contributed by atoms with Crippen LogP contribution in [-0.2, 0) is 11.2 Å². The predicted molar refractivity (Wildman–Crippen MR) is 100 cm³/mol. The van der Waals surface area contributed by atoms with Crippen LogP contribution < -0.4 is 10.2 Å². The molecular formula is C21H20N2O3. The van der Waals surface area contributed by atoms with Crippen molar-refractivity contribution in [3.05, 3.63) is 65.4 Å². The first-order valence-electron chi connectivity index (χ1n) is 8.80. The van der Waals surface area contributed by atoms with Crippen molar-refractivity contribution in [3.63, 3.8) is 0 Å². The summed E-state index contributed by atoms with van der Waals surface area (Å²) < 4.78 is 5.66. The van der Waals surface area contributed by atoms with Crippen molar-refractivity contribution in [2.75, 3.05) is 18.0 Å². The molecule has 2 heterocycles.